The highest BCUT2D eigenvalue weighted by atomic mass is 15.1. The Morgan fingerprint density at radius 1 is 1.19 bits per heavy atom. The van der Waals surface area contributed by atoms with Crippen LogP contribution in [0.25, 0.3) is 0 Å². The topological polar surface area (TPSA) is 29.3 Å². The largest absolute Gasteiger partial charge is 0.327 e. The van der Waals surface area contributed by atoms with E-state index in [0.717, 1.165) is 19.5 Å². The summed E-state index contributed by atoms with van der Waals surface area (Å²) in [6, 6.07) is 10.9. The van der Waals surface area contributed by atoms with E-state index >= 15 is 0 Å². The Morgan fingerprint density at radius 2 is 1.81 bits per heavy atom. The van der Waals surface area contributed by atoms with Crippen LogP contribution in [0.5, 0.6) is 0 Å². The molecular weight excluding hydrogens is 196 g/mol. The van der Waals surface area contributed by atoms with Crippen molar-refractivity contribution >= 4 is 0 Å². The molecule has 0 amide bonds. The van der Waals surface area contributed by atoms with Crippen molar-refractivity contribution in [3.63, 3.8) is 0 Å². The highest BCUT2D eigenvalue weighted by Gasteiger charge is 2.08. The summed E-state index contributed by atoms with van der Waals surface area (Å²) in [5, 5.41) is 0. The summed E-state index contributed by atoms with van der Waals surface area (Å²) >= 11 is 0. The van der Waals surface area contributed by atoms with E-state index in [1.807, 2.05) is 0 Å². The molecule has 1 rings (SSSR count). The Morgan fingerprint density at radius 3 is 2.38 bits per heavy atom. The fourth-order valence-electron chi connectivity index (χ4n) is 1.68. The zero-order valence-corrected chi connectivity index (χ0v) is 10.7. The molecule has 0 heterocycles. The van der Waals surface area contributed by atoms with Crippen LogP contribution in [-0.2, 0) is 6.54 Å². The Labute approximate surface area is 99.5 Å². The van der Waals surface area contributed by atoms with Gasteiger partial charge in [-0.2, -0.15) is 0 Å². The molecule has 2 N–H and O–H groups in total. The minimum absolute atomic E-state index is 0.318. The van der Waals surface area contributed by atoms with Gasteiger partial charge in [0.15, 0.2) is 0 Å². The van der Waals surface area contributed by atoms with Crippen LogP contribution in [0.1, 0.15) is 25.8 Å². The third kappa shape index (κ3) is 4.77. The molecule has 0 fully saturated rings. The fraction of sp³-hybridized carbons (Fsp3) is 0.571. The lowest BCUT2D eigenvalue weighted by Gasteiger charge is -2.21. The second-order valence-electron chi connectivity index (χ2n) is 4.92. The number of nitrogens with two attached hydrogens (primary N) is 1. The van der Waals surface area contributed by atoms with Gasteiger partial charge in [0.1, 0.15) is 0 Å². The maximum Gasteiger partial charge on any atom is 0.0230 e. The van der Waals surface area contributed by atoms with E-state index in [1.165, 1.54) is 5.56 Å². The summed E-state index contributed by atoms with van der Waals surface area (Å²) in [5.74, 6) is 0.574. The lowest BCUT2D eigenvalue weighted by molar-refractivity contribution is 0.296. The standard InChI is InChI=1S/C14H24N2/c1-12(2)14(15)9-10-16(3)11-13-7-5-4-6-8-13/h4-8,12,14H,9-11,15H2,1-3H3. The lowest BCUT2D eigenvalue weighted by atomic mass is 10.0. The van der Waals surface area contributed by atoms with Crippen LogP contribution in [-0.4, -0.2) is 24.5 Å². The van der Waals surface area contributed by atoms with Gasteiger partial charge in [-0.25, -0.2) is 0 Å². The van der Waals surface area contributed by atoms with Gasteiger partial charge in [0.25, 0.3) is 0 Å². The van der Waals surface area contributed by atoms with E-state index in [9.17, 15) is 0 Å². The minimum Gasteiger partial charge on any atom is -0.327 e. The second kappa shape index (κ2) is 6.66. The van der Waals surface area contributed by atoms with Crippen molar-refractivity contribution < 1.29 is 0 Å². The number of hydrogen-bond donors (Lipinski definition) is 1. The SMILES string of the molecule is CC(C)C(N)CCN(C)Cc1ccccc1. The van der Waals surface area contributed by atoms with Crippen LogP contribution in [0, 0.1) is 5.92 Å². The van der Waals surface area contributed by atoms with Crippen LogP contribution in [0.4, 0.5) is 0 Å². The van der Waals surface area contributed by atoms with Crippen LogP contribution in [0.2, 0.25) is 0 Å². The molecule has 0 saturated heterocycles. The number of nitrogens with zero attached hydrogens (tertiary/aromatic N) is 1. The van der Waals surface area contributed by atoms with Crippen LogP contribution >= 0.6 is 0 Å². The number of rotatable bonds is 6. The Kier molecular flexibility index (Phi) is 5.50. The molecule has 0 aliphatic heterocycles. The summed E-state index contributed by atoms with van der Waals surface area (Å²) in [5.41, 5.74) is 7.40. The first-order valence-electron chi connectivity index (χ1n) is 6.07. The van der Waals surface area contributed by atoms with Gasteiger partial charge < -0.3 is 10.6 Å². The highest BCUT2D eigenvalue weighted by molar-refractivity contribution is 5.14. The van der Waals surface area contributed by atoms with Crippen molar-refractivity contribution in [1.29, 1.82) is 0 Å². The van der Waals surface area contributed by atoms with Crippen molar-refractivity contribution in [3.05, 3.63) is 35.9 Å². The quantitative estimate of drug-likeness (QED) is 0.798. The van der Waals surface area contributed by atoms with E-state index in [2.05, 4.69) is 56.1 Å². The average molecular weight is 220 g/mol. The molecule has 0 saturated carbocycles. The van der Waals surface area contributed by atoms with Gasteiger partial charge in [0.05, 0.1) is 0 Å². The van der Waals surface area contributed by atoms with Crippen LogP contribution < -0.4 is 5.73 Å². The van der Waals surface area contributed by atoms with E-state index in [4.69, 9.17) is 5.73 Å². The van der Waals surface area contributed by atoms with E-state index in [-0.39, 0.29) is 0 Å². The van der Waals surface area contributed by atoms with Gasteiger partial charge in [-0.3, -0.25) is 0 Å². The molecule has 16 heavy (non-hydrogen) atoms. The number of benzene rings is 1. The summed E-state index contributed by atoms with van der Waals surface area (Å²) in [6.07, 6.45) is 1.07. The molecular formula is C14H24N2. The molecule has 0 bridgehead atoms. The predicted octanol–water partition coefficient (Wildman–Crippen LogP) is 2.49. The molecule has 0 aliphatic rings. The second-order valence-corrected chi connectivity index (χ2v) is 4.92. The zero-order valence-electron chi connectivity index (χ0n) is 10.7. The molecule has 2 nitrogen and oxygen atoms in total. The van der Waals surface area contributed by atoms with Gasteiger partial charge in [-0.1, -0.05) is 44.2 Å². The summed E-state index contributed by atoms with van der Waals surface area (Å²) < 4.78 is 0. The molecule has 0 aromatic heterocycles. The van der Waals surface area contributed by atoms with Gasteiger partial charge in [0.2, 0.25) is 0 Å². The molecule has 90 valence electrons. The minimum atomic E-state index is 0.318. The summed E-state index contributed by atoms with van der Waals surface area (Å²) in [4.78, 5) is 2.33. The highest BCUT2D eigenvalue weighted by Crippen LogP contribution is 2.06. The first kappa shape index (κ1) is 13.2. The number of hydrogen-bond acceptors (Lipinski definition) is 2. The Balaban J connectivity index is 2.29. The summed E-state index contributed by atoms with van der Waals surface area (Å²) in [7, 11) is 2.15. The zero-order chi connectivity index (χ0) is 12.0. The third-order valence-corrected chi connectivity index (χ3v) is 3.00. The van der Waals surface area contributed by atoms with Gasteiger partial charge in [-0.15, -0.1) is 0 Å². The van der Waals surface area contributed by atoms with Crippen molar-refractivity contribution in [1.82, 2.24) is 4.90 Å². The molecule has 1 aromatic carbocycles. The van der Waals surface area contributed by atoms with Crippen molar-refractivity contribution in [3.8, 4) is 0 Å². The Bertz CT molecular complexity index is 282. The average Bonchev–Trinajstić information content (AvgIpc) is 2.27. The van der Waals surface area contributed by atoms with E-state index < -0.39 is 0 Å². The molecule has 0 spiro atoms. The van der Waals surface area contributed by atoms with Crippen molar-refractivity contribution in [2.45, 2.75) is 32.9 Å². The maximum absolute atomic E-state index is 6.03. The van der Waals surface area contributed by atoms with Gasteiger partial charge in [-0.05, 0) is 31.5 Å². The van der Waals surface area contributed by atoms with Gasteiger partial charge >= 0.3 is 0 Å². The van der Waals surface area contributed by atoms with E-state index in [1.54, 1.807) is 0 Å². The monoisotopic (exact) mass is 220 g/mol. The normalized spacial score (nSPS) is 13.4. The molecule has 0 radical (unpaired) electrons. The molecule has 1 unspecified atom stereocenters. The summed E-state index contributed by atoms with van der Waals surface area (Å²) in [6.45, 7) is 6.43. The van der Waals surface area contributed by atoms with Crippen LogP contribution in [0.15, 0.2) is 30.3 Å². The smallest absolute Gasteiger partial charge is 0.0230 e. The predicted molar refractivity (Wildman–Crippen MR) is 70.2 cm³/mol. The molecule has 2 heteroatoms. The van der Waals surface area contributed by atoms with Crippen molar-refractivity contribution in [2.75, 3.05) is 13.6 Å². The fourth-order valence-corrected chi connectivity index (χ4v) is 1.68. The third-order valence-electron chi connectivity index (χ3n) is 3.00. The molecule has 1 aromatic rings. The maximum atomic E-state index is 6.03. The van der Waals surface area contributed by atoms with E-state index in [0.29, 0.717) is 12.0 Å². The first-order valence-corrected chi connectivity index (χ1v) is 6.07. The molecule has 0 aliphatic carbocycles. The lowest BCUT2D eigenvalue weighted by Crippen LogP contribution is -2.31. The van der Waals surface area contributed by atoms with Crippen molar-refractivity contribution in [2.24, 2.45) is 11.7 Å². The molecule has 1 atom stereocenters. The van der Waals surface area contributed by atoms with Crippen LogP contribution in [0.3, 0.4) is 0 Å². The Hall–Kier alpha value is -0.860. The van der Waals surface area contributed by atoms with Gasteiger partial charge in [0, 0.05) is 12.6 Å². The first-order chi connectivity index (χ1) is 7.59.